The van der Waals surface area contributed by atoms with Gasteiger partial charge < -0.3 is 10.6 Å². The van der Waals surface area contributed by atoms with E-state index in [-0.39, 0.29) is 24.0 Å². The second-order valence-corrected chi connectivity index (χ2v) is 9.83. The third-order valence-corrected chi connectivity index (χ3v) is 8.21. The van der Waals surface area contributed by atoms with Gasteiger partial charge in [0, 0.05) is 44.0 Å². The lowest BCUT2D eigenvalue weighted by molar-refractivity contribution is 0.270. The molecule has 1 aromatic rings. The van der Waals surface area contributed by atoms with Gasteiger partial charge >= 0.3 is 0 Å². The highest BCUT2D eigenvalue weighted by atomic mass is 127. The van der Waals surface area contributed by atoms with Gasteiger partial charge in [0.05, 0.1) is 0 Å². The molecule has 2 heterocycles. The second kappa shape index (κ2) is 10.8. The molecule has 1 saturated heterocycles. The minimum atomic E-state index is -3.36. The number of hydrogen-bond donors (Lipinski definition) is 1. The molecule has 0 amide bonds. The van der Waals surface area contributed by atoms with Crippen molar-refractivity contribution in [2.45, 2.75) is 44.2 Å². The topological polar surface area (TPSA) is 79.0 Å². The number of aliphatic imine (C=N–C) groups is 1. The Labute approximate surface area is 178 Å². The van der Waals surface area contributed by atoms with Crippen LogP contribution in [0.3, 0.4) is 0 Å². The summed E-state index contributed by atoms with van der Waals surface area (Å²) < 4.78 is 26.9. The number of thiophene rings is 1. The van der Waals surface area contributed by atoms with E-state index < -0.39 is 10.0 Å². The molecule has 1 aliphatic rings. The van der Waals surface area contributed by atoms with Crippen molar-refractivity contribution < 1.29 is 8.42 Å². The summed E-state index contributed by atoms with van der Waals surface area (Å²) in [7, 11) is -3.36. The van der Waals surface area contributed by atoms with Gasteiger partial charge in [-0.25, -0.2) is 8.42 Å². The summed E-state index contributed by atoms with van der Waals surface area (Å²) in [6.07, 6.45) is 3.13. The number of nitrogens with zero attached hydrogens (tertiary/aromatic N) is 3. The average molecular weight is 514 g/mol. The molecule has 6 nitrogen and oxygen atoms in total. The van der Waals surface area contributed by atoms with Gasteiger partial charge in [0.1, 0.15) is 4.21 Å². The van der Waals surface area contributed by atoms with Gasteiger partial charge in [-0.1, -0.05) is 20.8 Å². The van der Waals surface area contributed by atoms with Crippen LogP contribution in [-0.2, 0) is 16.4 Å². The number of halogens is 1. The average Bonchev–Trinajstić information content (AvgIpc) is 3.05. The maximum Gasteiger partial charge on any atom is 0.252 e. The quantitative estimate of drug-likeness (QED) is 0.345. The molecule has 0 radical (unpaired) electrons. The number of piperidine rings is 1. The Bertz CT molecular complexity index is 687. The third-order valence-electron chi connectivity index (χ3n) is 4.55. The highest BCUT2D eigenvalue weighted by Gasteiger charge is 2.23. The summed E-state index contributed by atoms with van der Waals surface area (Å²) in [5.74, 6) is 1.27. The van der Waals surface area contributed by atoms with Gasteiger partial charge in [-0.3, -0.25) is 4.99 Å². The number of guanidine groups is 1. The molecular weight excluding hydrogens is 483 g/mol. The van der Waals surface area contributed by atoms with E-state index in [0.717, 1.165) is 24.4 Å². The Kier molecular flexibility index (Phi) is 9.84. The monoisotopic (exact) mass is 514 g/mol. The van der Waals surface area contributed by atoms with Crippen LogP contribution in [0.15, 0.2) is 21.3 Å². The second-order valence-electron chi connectivity index (χ2n) is 6.49. The Balaban J connectivity index is 0.00000338. The minimum Gasteiger partial charge on any atom is -0.370 e. The van der Waals surface area contributed by atoms with Crippen molar-refractivity contribution in [3.05, 3.63) is 17.0 Å². The molecule has 1 fully saturated rings. The van der Waals surface area contributed by atoms with Gasteiger partial charge in [0.2, 0.25) is 0 Å². The molecule has 1 aliphatic heterocycles. The molecule has 2 N–H and O–H groups in total. The number of likely N-dealkylation sites (tertiary alicyclic amines) is 1. The van der Waals surface area contributed by atoms with Crippen molar-refractivity contribution in [1.29, 1.82) is 0 Å². The van der Waals surface area contributed by atoms with Crippen LogP contribution in [0.4, 0.5) is 0 Å². The predicted octanol–water partition coefficient (Wildman–Crippen LogP) is 2.99. The third kappa shape index (κ3) is 6.07. The fourth-order valence-electron chi connectivity index (χ4n) is 3.10. The lowest BCUT2D eigenvalue weighted by atomic mass is 10.0. The number of sulfonamides is 1. The van der Waals surface area contributed by atoms with Crippen LogP contribution in [0, 0.1) is 5.92 Å². The fourth-order valence-corrected chi connectivity index (χ4v) is 6.06. The molecule has 1 atom stereocenters. The molecule has 0 spiro atoms. The molecule has 26 heavy (non-hydrogen) atoms. The minimum absolute atomic E-state index is 0. The number of rotatable bonds is 7. The molecule has 0 bridgehead atoms. The molecule has 1 unspecified atom stereocenters. The molecule has 0 aromatic carbocycles. The van der Waals surface area contributed by atoms with Crippen molar-refractivity contribution >= 4 is 51.3 Å². The first kappa shape index (κ1) is 23.6. The van der Waals surface area contributed by atoms with Gasteiger partial charge in [0.25, 0.3) is 10.0 Å². The van der Waals surface area contributed by atoms with E-state index in [1.54, 1.807) is 6.07 Å². The van der Waals surface area contributed by atoms with Crippen LogP contribution in [0.25, 0.3) is 0 Å². The fraction of sp³-hybridized carbons (Fsp3) is 0.706. The first-order valence-corrected chi connectivity index (χ1v) is 11.3. The van der Waals surface area contributed by atoms with E-state index in [1.807, 2.05) is 19.9 Å². The Morgan fingerprint density at radius 3 is 2.69 bits per heavy atom. The zero-order chi connectivity index (χ0) is 18.4. The van der Waals surface area contributed by atoms with Crippen molar-refractivity contribution in [3.8, 4) is 0 Å². The van der Waals surface area contributed by atoms with Gasteiger partial charge in [-0.2, -0.15) is 4.31 Å². The largest absolute Gasteiger partial charge is 0.370 e. The SMILES string of the molecule is CCN(CC)S(=O)(=O)c1ccc(CCN=C(N)N2CCCC(C)C2)s1.I. The van der Waals surface area contributed by atoms with Crippen LogP contribution in [0.5, 0.6) is 0 Å². The molecule has 9 heteroatoms. The van der Waals surface area contributed by atoms with E-state index in [1.165, 1.54) is 22.1 Å². The van der Waals surface area contributed by atoms with Gasteiger partial charge in [-0.15, -0.1) is 35.3 Å². The zero-order valence-corrected chi connectivity index (χ0v) is 19.8. The normalized spacial score (nSPS) is 18.8. The first-order chi connectivity index (χ1) is 11.9. The van der Waals surface area contributed by atoms with Crippen molar-refractivity contribution in [2.24, 2.45) is 16.6 Å². The van der Waals surface area contributed by atoms with Crippen LogP contribution in [0.1, 0.15) is 38.5 Å². The smallest absolute Gasteiger partial charge is 0.252 e. The lowest BCUT2D eigenvalue weighted by Crippen LogP contribution is -2.43. The number of nitrogens with two attached hydrogens (primary N) is 1. The summed E-state index contributed by atoms with van der Waals surface area (Å²) in [4.78, 5) is 7.66. The summed E-state index contributed by atoms with van der Waals surface area (Å²) in [5.41, 5.74) is 6.10. The van der Waals surface area contributed by atoms with Crippen LogP contribution in [-0.4, -0.2) is 56.3 Å². The van der Waals surface area contributed by atoms with E-state index in [9.17, 15) is 8.42 Å². The molecule has 2 rings (SSSR count). The molecule has 0 aliphatic carbocycles. The summed E-state index contributed by atoms with van der Waals surface area (Å²) >= 11 is 1.33. The van der Waals surface area contributed by atoms with E-state index in [4.69, 9.17) is 5.73 Å². The summed E-state index contributed by atoms with van der Waals surface area (Å²) in [5, 5.41) is 0. The van der Waals surface area contributed by atoms with Gasteiger partial charge in [-0.05, 0) is 30.9 Å². The number of hydrogen-bond acceptors (Lipinski definition) is 4. The molecular formula is C17H31IN4O2S2. The maximum atomic E-state index is 12.5. The maximum absolute atomic E-state index is 12.5. The van der Waals surface area contributed by atoms with Crippen molar-refractivity contribution in [2.75, 3.05) is 32.7 Å². The molecule has 0 saturated carbocycles. The van der Waals surface area contributed by atoms with Gasteiger partial charge in [0.15, 0.2) is 5.96 Å². The first-order valence-electron chi connectivity index (χ1n) is 9.02. The van der Waals surface area contributed by atoms with Crippen LogP contribution >= 0.6 is 35.3 Å². The zero-order valence-electron chi connectivity index (χ0n) is 15.8. The van der Waals surface area contributed by atoms with E-state index >= 15 is 0 Å². The highest BCUT2D eigenvalue weighted by molar-refractivity contribution is 14.0. The van der Waals surface area contributed by atoms with E-state index in [0.29, 0.717) is 42.1 Å². The Morgan fingerprint density at radius 2 is 2.08 bits per heavy atom. The van der Waals surface area contributed by atoms with Crippen LogP contribution in [0.2, 0.25) is 0 Å². The summed E-state index contributed by atoms with van der Waals surface area (Å²) in [6.45, 7) is 9.46. The van der Waals surface area contributed by atoms with E-state index in [2.05, 4.69) is 16.8 Å². The highest BCUT2D eigenvalue weighted by Crippen LogP contribution is 2.25. The standard InChI is InChI=1S/C17H30N4O2S2.HI/c1-4-21(5-2)25(22,23)16-9-8-15(24-16)10-11-19-17(18)20-12-6-7-14(3)13-20;/h8-9,14H,4-7,10-13H2,1-3H3,(H2,18,19);1H. The molecule has 1 aromatic heterocycles. The Morgan fingerprint density at radius 1 is 1.38 bits per heavy atom. The van der Waals surface area contributed by atoms with Crippen LogP contribution < -0.4 is 5.73 Å². The summed E-state index contributed by atoms with van der Waals surface area (Å²) in [6, 6.07) is 3.59. The van der Waals surface area contributed by atoms with Crippen molar-refractivity contribution in [1.82, 2.24) is 9.21 Å². The predicted molar refractivity (Wildman–Crippen MR) is 120 cm³/mol. The lowest BCUT2D eigenvalue weighted by Gasteiger charge is -2.31. The Hall–Kier alpha value is -0.390. The van der Waals surface area contributed by atoms with Crippen molar-refractivity contribution in [3.63, 3.8) is 0 Å². The molecule has 150 valence electrons.